The van der Waals surface area contributed by atoms with Crippen LogP contribution in [-0.2, 0) is 6.42 Å². The van der Waals surface area contributed by atoms with Crippen molar-refractivity contribution in [3.63, 3.8) is 0 Å². The molecule has 2 amide bonds. The van der Waals surface area contributed by atoms with Gasteiger partial charge in [-0.3, -0.25) is 9.59 Å². The highest BCUT2D eigenvalue weighted by atomic mass is 19.1. The van der Waals surface area contributed by atoms with Gasteiger partial charge >= 0.3 is 0 Å². The lowest BCUT2D eigenvalue weighted by Crippen LogP contribution is -2.20. The van der Waals surface area contributed by atoms with Crippen molar-refractivity contribution in [2.75, 3.05) is 19.5 Å². The first kappa shape index (κ1) is 23.2. The summed E-state index contributed by atoms with van der Waals surface area (Å²) >= 11 is 0. The van der Waals surface area contributed by atoms with E-state index in [1.165, 1.54) is 25.2 Å². The molecule has 1 aliphatic carbocycles. The van der Waals surface area contributed by atoms with Crippen molar-refractivity contribution in [1.29, 1.82) is 0 Å². The molecule has 0 bridgehead atoms. The summed E-state index contributed by atoms with van der Waals surface area (Å²) in [6.07, 6.45) is 3.51. The molecule has 0 atom stereocenters. The number of hydrogen-bond acceptors (Lipinski definition) is 4. The summed E-state index contributed by atoms with van der Waals surface area (Å²) in [5.41, 5.74) is 5.21. The van der Waals surface area contributed by atoms with Gasteiger partial charge in [0.1, 0.15) is 11.6 Å². The Morgan fingerprint density at radius 2 is 1.78 bits per heavy atom. The molecule has 3 aromatic carbocycles. The first-order valence-electron chi connectivity index (χ1n) is 11.6. The molecule has 0 saturated carbocycles. The molecular weight excluding hydrogens is 457 g/mol. The van der Waals surface area contributed by atoms with E-state index in [0.717, 1.165) is 40.0 Å². The van der Waals surface area contributed by atoms with Crippen molar-refractivity contribution in [2.45, 2.75) is 12.8 Å². The minimum Gasteiger partial charge on any atom is -0.497 e. The number of halogens is 1. The zero-order valence-electron chi connectivity index (χ0n) is 19.9. The molecule has 0 fully saturated rings. The van der Waals surface area contributed by atoms with Crippen molar-refractivity contribution in [3.05, 3.63) is 100 Å². The van der Waals surface area contributed by atoms with Crippen LogP contribution < -0.4 is 15.4 Å². The van der Waals surface area contributed by atoms with Gasteiger partial charge in [0.2, 0.25) is 0 Å². The highest BCUT2D eigenvalue weighted by molar-refractivity contribution is 6.15. The number of fused-ring (bicyclic) bond motifs is 2. The number of ether oxygens (including phenoxy) is 1. The molecule has 180 valence electrons. The number of nitrogens with zero attached hydrogens (tertiary/aromatic N) is 1. The number of nitrogens with one attached hydrogen (secondary N) is 2. The van der Waals surface area contributed by atoms with Crippen LogP contribution in [0.2, 0.25) is 0 Å². The number of carbonyl (C=O) groups excluding carboxylic acids is 2. The first-order valence-corrected chi connectivity index (χ1v) is 11.6. The van der Waals surface area contributed by atoms with Gasteiger partial charge < -0.3 is 15.4 Å². The predicted octanol–water partition coefficient (Wildman–Crippen LogP) is 5.48. The molecule has 2 N–H and O–H groups in total. The van der Waals surface area contributed by atoms with Gasteiger partial charge in [0.05, 0.1) is 29.4 Å². The second kappa shape index (κ2) is 9.62. The summed E-state index contributed by atoms with van der Waals surface area (Å²) in [7, 11) is 3.06. The number of allylic oxidation sites excluding steroid dienone is 1. The van der Waals surface area contributed by atoms with Crippen LogP contribution in [0.3, 0.4) is 0 Å². The number of anilines is 1. The maximum atomic E-state index is 14.1. The van der Waals surface area contributed by atoms with E-state index in [2.05, 4.69) is 16.7 Å². The van der Waals surface area contributed by atoms with E-state index in [4.69, 9.17) is 9.72 Å². The van der Waals surface area contributed by atoms with E-state index in [1.807, 2.05) is 48.5 Å². The topological polar surface area (TPSA) is 80.3 Å². The summed E-state index contributed by atoms with van der Waals surface area (Å²) in [5, 5.41) is 6.01. The number of hydrogen-bond donors (Lipinski definition) is 2. The van der Waals surface area contributed by atoms with Crippen LogP contribution in [0.15, 0.2) is 66.7 Å². The fraction of sp³-hybridized carbons (Fsp3) is 0.138. The number of benzene rings is 3. The molecule has 0 spiro atoms. The molecule has 0 aliphatic heterocycles. The third-order valence-corrected chi connectivity index (χ3v) is 6.32. The smallest absolute Gasteiger partial charge is 0.256 e. The van der Waals surface area contributed by atoms with Crippen molar-refractivity contribution in [3.8, 4) is 5.75 Å². The lowest BCUT2D eigenvalue weighted by Gasteiger charge is -2.14. The largest absolute Gasteiger partial charge is 0.497 e. The maximum absolute atomic E-state index is 14.1. The number of aromatic nitrogens is 1. The summed E-state index contributed by atoms with van der Waals surface area (Å²) in [6, 6.07) is 19.3. The molecule has 0 saturated heterocycles. The molecule has 0 unspecified atom stereocenters. The van der Waals surface area contributed by atoms with Crippen LogP contribution in [0.25, 0.3) is 22.6 Å². The second-order valence-corrected chi connectivity index (χ2v) is 8.50. The molecule has 1 aliphatic rings. The highest BCUT2D eigenvalue weighted by Crippen LogP contribution is 2.38. The third kappa shape index (κ3) is 4.31. The number of rotatable bonds is 5. The Morgan fingerprint density at radius 3 is 2.53 bits per heavy atom. The van der Waals surface area contributed by atoms with E-state index in [-0.39, 0.29) is 11.5 Å². The minimum atomic E-state index is -0.657. The summed E-state index contributed by atoms with van der Waals surface area (Å²) in [6.45, 7) is 0. The Kier molecular flexibility index (Phi) is 6.21. The molecular formula is C29H24FN3O3. The number of amides is 2. The first-order chi connectivity index (χ1) is 17.5. The van der Waals surface area contributed by atoms with Crippen molar-refractivity contribution in [1.82, 2.24) is 10.3 Å². The van der Waals surface area contributed by atoms with Crippen LogP contribution >= 0.6 is 0 Å². The second-order valence-electron chi connectivity index (χ2n) is 8.50. The maximum Gasteiger partial charge on any atom is 0.256 e. The van der Waals surface area contributed by atoms with E-state index in [9.17, 15) is 14.0 Å². The van der Waals surface area contributed by atoms with Crippen LogP contribution in [0.1, 0.15) is 44.0 Å². The van der Waals surface area contributed by atoms with Crippen LogP contribution in [0.5, 0.6) is 5.75 Å². The third-order valence-electron chi connectivity index (χ3n) is 6.32. The van der Waals surface area contributed by atoms with Crippen molar-refractivity contribution >= 4 is 40.1 Å². The van der Waals surface area contributed by atoms with Crippen LogP contribution in [0.4, 0.5) is 10.1 Å². The Labute approximate surface area is 207 Å². The van der Waals surface area contributed by atoms with Crippen molar-refractivity contribution < 1.29 is 18.7 Å². The highest BCUT2D eigenvalue weighted by Gasteiger charge is 2.27. The molecule has 1 heterocycles. The van der Waals surface area contributed by atoms with Crippen LogP contribution in [-0.4, -0.2) is 31.0 Å². The quantitative estimate of drug-likeness (QED) is 0.396. The molecule has 4 aromatic rings. The zero-order valence-corrected chi connectivity index (χ0v) is 19.9. The molecule has 0 radical (unpaired) electrons. The average Bonchev–Trinajstić information content (AvgIpc) is 3.30. The number of para-hydroxylation sites is 1. The standard InChI is InChI=1S/C29H24FN3O3/c1-31-28(34)23-16-19(10-14-24(23)30)32-29(35)26-21-5-3-4-6-25(21)33-27-18(9-13-22(26)27)15-17-7-11-20(36-2)12-8-17/h3-8,10-12,14-16H,9,13H2,1-2H3,(H,31,34)(H,32,35)/b18-15-. The Bertz CT molecular complexity index is 1530. The van der Waals surface area contributed by atoms with E-state index in [1.54, 1.807) is 7.11 Å². The molecule has 7 heteroatoms. The summed E-state index contributed by atoms with van der Waals surface area (Å²) in [5.74, 6) is -0.763. The van der Waals surface area contributed by atoms with Gasteiger partial charge in [-0.2, -0.15) is 0 Å². The van der Waals surface area contributed by atoms with Gasteiger partial charge in [0.15, 0.2) is 0 Å². The molecule has 1 aromatic heterocycles. The van der Waals surface area contributed by atoms with Gasteiger partial charge in [0.25, 0.3) is 11.8 Å². The Balaban J connectivity index is 1.56. The van der Waals surface area contributed by atoms with Gasteiger partial charge in [-0.05, 0) is 72.0 Å². The SMILES string of the molecule is CNC(=O)c1cc(NC(=O)c2c3c(nc4ccccc24)/C(=C\c2ccc(OC)cc2)CC3)ccc1F. The fourth-order valence-corrected chi connectivity index (χ4v) is 4.55. The number of carbonyl (C=O) groups is 2. The van der Waals surface area contributed by atoms with Gasteiger partial charge in [-0.15, -0.1) is 0 Å². The van der Waals surface area contributed by atoms with Crippen molar-refractivity contribution in [2.24, 2.45) is 0 Å². The number of pyridine rings is 1. The van der Waals surface area contributed by atoms with Crippen LogP contribution in [0, 0.1) is 5.82 Å². The van der Waals surface area contributed by atoms with E-state index < -0.39 is 11.7 Å². The zero-order chi connectivity index (χ0) is 25.2. The fourth-order valence-electron chi connectivity index (χ4n) is 4.55. The normalized spacial score (nSPS) is 13.5. The van der Waals surface area contributed by atoms with Gasteiger partial charge in [0, 0.05) is 18.1 Å². The van der Waals surface area contributed by atoms with Gasteiger partial charge in [-0.1, -0.05) is 30.3 Å². The Morgan fingerprint density at radius 1 is 1.00 bits per heavy atom. The average molecular weight is 482 g/mol. The molecule has 5 rings (SSSR count). The molecule has 6 nitrogen and oxygen atoms in total. The lowest BCUT2D eigenvalue weighted by molar-refractivity contribution is 0.0957. The molecule has 36 heavy (non-hydrogen) atoms. The van der Waals surface area contributed by atoms with Gasteiger partial charge in [-0.25, -0.2) is 9.37 Å². The van der Waals surface area contributed by atoms with E-state index >= 15 is 0 Å². The van der Waals surface area contributed by atoms with E-state index in [0.29, 0.717) is 23.2 Å². The summed E-state index contributed by atoms with van der Waals surface area (Å²) < 4.78 is 19.4. The predicted molar refractivity (Wildman–Crippen MR) is 139 cm³/mol. The lowest BCUT2D eigenvalue weighted by atomic mass is 9.99. The monoisotopic (exact) mass is 481 g/mol. The summed E-state index contributed by atoms with van der Waals surface area (Å²) in [4.78, 5) is 30.5. The minimum absolute atomic E-state index is 0.134. The number of methoxy groups -OCH3 is 1. The Hall–Kier alpha value is -4.52.